The Balaban J connectivity index is 2.38. The number of phenols is 1. The third-order valence-corrected chi connectivity index (χ3v) is 2.65. The molecular formula is C12H8Cl2O2. The summed E-state index contributed by atoms with van der Waals surface area (Å²) in [6.07, 6.45) is 0. The molecule has 0 radical (unpaired) electrons. The molecule has 0 heterocycles. The molecule has 0 fully saturated rings. The minimum atomic E-state index is -0.0583. The Hall–Kier alpha value is -1.38. The van der Waals surface area contributed by atoms with Gasteiger partial charge in [0.15, 0.2) is 5.75 Å². The highest BCUT2D eigenvalue weighted by Gasteiger charge is 2.12. The lowest BCUT2D eigenvalue weighted by molar-refractivity contribution is 0.456. The van der Waals surface area contributed by atoms with Crippen LogP contribution in [0.15, 0.2) is 42.5 Å². The van der Waals surface area contributed by atoms with Gasteiger partial charge in [-0.3, -0.25) is 0 Å². The van der Waals surface area contributed by atoms with Crippen LogP contribution >= 0.6 is 23.2 Å². The summed E-state index contributed by atoms with van der Waals surface area (Å²) in [5.41, 5.74) is 0. The van der Waals surface area contributed by atoms with Gasteiger partial charge >= 0.3 is 0 Å². The van der Waals surface area contributed by atoms with Crippen LogP contribution < -0.4 is 4.74 Å². The third kappa shape index (κ3) is 2.23. The highest BCUT2D eigenvalue weighted by Crippen LogP contribution is 2.41. The van der Waals surface area contributed by atoms with Crippen LogP contribution in [0.5, 0.6) is 17.2 Å². The molecule has 2 rings (SSSR count). The molecule has 0 saturated carbocycles. The van der Waals surface area contributed by atoms with Crippen LogP contribution in [0.4, 0.5) is 0 Å². The standard InChI is InChI=1S/C12H8Cl2O2/c13-9-6-7-10(15)11(14)12(9)16-8-4-2-1-3-5-8/h1-7,15H. The fraction of sp³-hybridized carbons (Fsp3) is 0. The Bertz CT molecular complexity index is 498. The number of ether oxygens (including phenoxy) is 1. The zero-order valence-electron chi connectivity index (χ0n) is 8.15. The maximum Gasteiger partial charge on any atom is 0.168 e. The van der Waals surface area contributed by atoms with Gasteiger partial charge in [-0.05, 0) is 24.3 Å². The normalized spacial score (nSPS) is 10.1. The fourth-order valence-corrected chi connectivity index (χ4v) is 1.67. The smallest absolute Gasteiger partial charge is 0.168 e. The van der Waals surface area contributed by atoms with E-state index in [4.69, 9.17) is 27.9 Å². The van der Waals surface area contributed by atoms with E-state index in [1.54, 1.807) is 12.1 Å². The van der Waals surface area contributed by atoms with Gasteiger partial charge in [-0.2, -0.15) is 0 Å². The molecule has 0 amide bonds. The van der Waals surface area contributed by atoms with Crippen molar-refractivity contribution in [3.63, 3.8) is 0 Å². The number of para-hydroxylation sites is 1. The zero-order valence-corrected chi connectivity index (χ0v) is 9.66. The van der Waals surface area contributed by atoms with E-state index in [0.29, 0.717) is 10.8 Å². The molecule has 82 valence electrons. The number of hydrogen-bond acceptors (Lipinski definition) is 2. The molecule has 2 aromatic carbocycles. The van der Waals surface area contributed by atoms with Crippen molar-refractivity contribution in [3.8, 4) is 17.2 Å². The number of rotatable bonds is 2. The monoisotopic (exact) mass is 254 g/mol. The molecule has 0 unspecified atom stereocenters. The minimum Gasteiger partial charge on any atom is -0.506 e. The minimum absolute atomic E-state index is 0.0583. The van der Waals surface area contributed by atoms with Gasteiger partial charge < -0.3 is 9.84 Å². The van der Waals surface area contributed by atoms with Crippen molar-refractivity contribution in [2.45, 2.75) is 0 Å². The quantitative estimate of drug-likeness (QED) is 0.856. The number of phenolic OH excluding ortho intramolecular Hbond substituents is 1. The van der Waals surface area contributed by atoms with E-state index < -0.39 is 0 Å². The number of aromatic hydroxyl groups is 1. The molecule has 0 aliphatic rings. The van der Waals surface area contributed by atoms with Crippen molar-refractivity contribution in [1.29, 1.82) is 0 Å². The predicted molar refractivity (Wildman–Crippen MR) is 64.6 cm³/mol. The van der Waals surface area contributed by atoms with E-state index in [1.807, 2.05) is 18.2 Å². The first-order chi connectivity index (χ1) is 7.68. The summed E-state index contributed by atoms with van der Waals surface area (Å²) >= 11 is 11.8. The molecule has 0 aliphatic carbocycles. The number of halogens is 2. The zero-order chi connectivity index (χ0) is 11.5. The van der Waals surface area contributed by atoms with E-state index in [0.717, 1.165) is 0 Å². The third-order valence-electron chi connectivity index (χ3n) is 1.99. The van der Waals surface area contributed by atoms with E-state index in [2.05, 4.69) is 0 Å². The highest BCUT2D eigenvalue weighted by molar-refractivity contribution is 6.38. The molecule has 0 atom stereocenters. The summed E-state index contributed by atoms with van der Waals surface area (Å²) in [5, 5.41) is 9.89. The Kier molecular flexibility index (Phi) is 3.22. The average molecular weight is 255 g/mol. The molecule has 0 aliphatic heterocycles. The van der Waals surface area contributed by atoms with Gasteiger partial charge in [0.1, 0.15) is 16.5 Å². The van der Waals surface area contributed by atoms with Gasteiger partial charge in [0.2, 0.25) is 0 Å². The van der Waals surface area contributed by atoms with Crippen LogP contribution in [-0.2, 0) is 0 Å². The van der Waals surface area contributed by atoms with E-state index in [1.165, 1.54) is 12.1 Å². The molecule has 2 aromatic rings. The lowest BCUT2D eigenvalue weighted by Crippen LogP contribution is -1.86. The molecule has 4 heteroatoms. The summed E-state index contributed by atoms with van der Waals surface area (Å²) in [5.74, 6) is 0.809. The van der Waals surface area contributed by atoms with Crippen molar-refractivity contribution in [2.24, 2.45) is 0 Å². The summed E-state index contributed by atoms with van der Waals surface area (Å²) in [7, 11) is 0. The predicted octanol–water partition coefficient (Wildman–Crippen LogP) is 4.49. The number of hydrogen-bond donors (Lipinski definition) is 1. The van der Waals surface area contributed by atoms with Gasteiger partial charge in [-0.1, -0.05) is 41.4 Å². The van der Waals surface area contributed by atoms with E-state index in [-0.39, 0.29) is 16.5 Å². The van der Waals surface area contributed by atoms with Gasteiger partial charge in [-0.25, -0.2) is 0 Å². The Morgan fingerprint density at radius 3 is 2.31 bits per heavy atom. The summed E-state index contributed by atoms with van der Waals surface area (Å²) < 4.78 is 5.50. The highest BCUT2D eigenvalue weighted by atomic mass is 35.5. The first-order valence-corrected chi connectivity index (χ1v) is 5.34. The lowest BCUT2D eigenvalue weighted by Gasteiger charge is -2.09. The molecule has 2 nitrogen and oxygen atoms in total. The van der Waals surface area contributed by atoms with Gasteiger partial charge in [0, 0.05) is 0 Å². The fourth-order valence-electron chi connectivity index (χ4n) is 1.22. The van der Waals surface area contributed by atoms with Crippen LogP contribution in [0.1, 0.15) is 0 Å². The Morgan fingerprint density at radius 2 is 1.62 bits per heavy atom. The molecule has 0 aromatic heterocycles. The Labute approximate surface area is 103 Å². The van der Waals surface area contributed by atoms with Crippen LogP contribution in [0.2, 0.25) is 10.0 Å². The van der Waals surface area contributed by atoms with Crippen LogP contribution in [0.3, 0.4) is 0 Å². The first kappa shape index (κ1) is 11.1. The van der Waals surface area contributed by atoms with Crippen molar-refractivity contribution in [1.82, 2.24) is 0 Å². The second kappa shape index (κ2) is 4.64. The van der Waals surface area contributed by atoms with Crippen LogP contribution in [0.25, 0.3) is 0 Å². The second-order valence-corrected chi connectivity index (χ2v) is 3.91. The summed E-state index contributed by atoms with van der Waals surface area (Å²) in [4.78, 5) is 0. The lowest BCUT2D eigenvalue weighted by atomic mass is 10.3. The first-order valence-electron chi connectivity index (χ1n) is 4.58. The topological polar surface area (TPSA) is 29.5 Å². The van der Waals surface area contributed by atoms with Crippen LogP contribution in [0, 0.1) is 0 Å². The van der Waals surface area contributed by atoms with Gasteiger partial charge in [0.05, 0.1) is 5.02 Å². The Morgan fingerprint density at radius 1 is 0.938 bits per heavy atom. The molecule has 0 bridgehead atoms. The maximum absolute atomic E-state index is 9.43. The molecule has 0 saturated heterocycles. The van der Waals surface area contributed by atoms with Gasteiger partial charge in [0.25, 0.3) is 0 Å². The van der Waals surface area contributed by atoms with Crippen molar-refractivity contribution >= 4 is 23.2 Å². The largest absolute Gasteiger partial charge is 0.506 e. The average Bonchev–Trinajstić information content (AvgIpc) is 2.31. The SMILES string of the molecule is Oc1ccc(Cl)c(Oc2ccccc2)c1Cl. The second-order valence-electron chi connectivity index (χ2n) is 3.12. The summed E-state index contributed by atoms with van der Waals surface area (Å²) in [6, 6.07) is 12.0. The van der Waals surface area contributed by atoms with Crippen LogP contribution in [-0.4, -0.2) is 5.11 Å². The summed E-state index contributed by atoms with van der Waals surface area (Å²) in [6.45, 7) is 0. The molecule has 1 N–H and O–H groups in total. The van der Waals surface area contributed by atoms with E-state index in [9.17, 15) is 5.11 Å². The van der Waals surface area contributed by atoms with Crippen molar-refractivity contribution in [3.05, 3.63) is 52.5 Å². The maximum atomic E-state index is 9.43. The van der Waals surface area contributed by atoms with Crippen molar-refractivity contribution < 1.29 is 9.84 Å². The van der Waals surface area contributed by atoms with E-state index >= 15 is 0 Å². The molecule has 16 heavy (non-hydrogen) atoms. The van der Waals surface area contributed by atoms with Gasteiger partial charge in [-0.15, -0.1) is 0 Å². The number of benzene rings is 2. The molecule has 0 spiro atoms. The molecular weight excluding hydrogens is 247 g/mol. The van der Waals surface area contributed by atoms with Crippen molar-refractivity contribution in [2.75, 3.05) is 0 Å².